The lowest BCUT2D eigenvalue weighted by Crippen LogP contribution is -2.36. The van der Waals surface area contributed by atoms with E-state index >= 15 is 0 Å². The van der Waals surface area contributed by atoms with Crippen LogP contribution in [-0.2, 0) is 0 Å². The van der Waals surface area contributed by atoms with Crippen LogP contribution in [-0.4, -0.2) is 19.9 Å². The molecule has 0 aromatic carbocycles. The minimum Gasteiger partial charge on any atom is -0.364 e. The minimum atomic E-state index is -0.0906. The van der Waals surface area contributed by atoms with Gasteiger partial charge in [0, 0.05) is 17.9 Å². The van der Waals surface area contributed by atoms with Gasteiger partial charge in [0.15, 0.2) is 0 Å². The number of hydrogen-bond acceptors (Lipinski definition) is 4. The largest absolute Gasteiger partial charge is 0.364 e. The molecule has 4 aromatic heterocycles. The Bertz CT molecular complexity index is 1290. The molecule has 0 saturated carbocycles. The first-order valence-corrected chi connectivity index (χ1v) is 11.7. The number of nitrogens with zero attached hydrogens (tertiary/aromatic N) is 3. The fourth-order valence-corrected chi connectivity index (χ4v) is 5.07. The smallest absolute Gasteiger partial charge is 0.140 e. The normalized spacial score (nSPS) is 11.9. The van der Waals surface area contributed by atoms with Gasteiger partial charge in [-0.05, 0) is 86.4 Å². The Morgan fingerprint density at radius 2 is 1.84 bits per heavy atom. The van der Waals surface area contributed by atoms with Gasteiger partial charge in [0.05, 0.1) is 9.75 Å². The molecular formula is C27H30N4S. The van der Waals surface area contributed by atoms with Gasteiger partial charge in [-0.2, -0.15) is 0 Å². The van der Waals surface area contributed by atoms with Gasteiger partial charge in [-0.15, -0.1) is 11.3 Å². The maximum Gasteiger partial charge on any atom is 0.140 e. The number of hydrogen-bond donors (Lipinski definition) is 1. The van der Waals surface area contributed by atoms with Gasteiger partial charge >= 0.3 is 0 Å². The first-order chi connectivity index (χ1) is 15.1. The summed E-state index contributed by atoms with van der Waals surface area (Å²) in [5.41, 5.74) is 4.01. The van der Waals surface area contributed by atoms with Crippen molar-refractivity contribution >= 4 is 22.8 Å². The molecule has 4 heterocycles. The van der Waals surface area contributed by atoms with E-state index in [1.165, 1.54) is 5.56 Å². The Morgan fingerprint density at radius 1 is 1.03 bits per heavy atom. The number of aromatic nitrogens is 3. The highest BCUT2D eigenvalue weighted by Crippen LogP contribution is 2.37. The molecule has 0 saturated heterocycles. The molecule has 4 rings (SSSR count). The monoisotopic (exact) mass is 442 g/mol. The van der Waals surface area contributed by atoms with Crippen LogP contribution in [0.2, 0.25) is 0 Å². The molecule has 4 aromatic rings. The van der Waals surface area contributed by atoms with Gasteiger partial charge in [0.1, 0.15) is 22.9 Å². The van der Waals surface area contributed by atoms with E-state index in [1.54, 1.807) is 17.5 Å². The maximum absolute atomic E-state index is 5.01. The quantitative estimate of drug-likeness (QED) is 0.354. The van der Waals surface area contributed by atoms with E-state index in [2.05, 4.69) is 98.5 Å². The number of fused-ring (bicyclic) bond motifs is 1. The van der Waals surface area contributed by atoms with Crippen LogP contribution in [0.5, 0.6) is 0 Å². The number of rotatable bonds is 4. The van der Waals surface area contributed by atoms with E-state index in [-0.39, 0.29) is 11.0 Å². The summed E-state index contributed by atoms with van der Waals surface area (Å²) in [6, 6.07) is 14.2. The Hall–Kier alpha value is -3.10. The van der Waals surface area contributed by atoms with Crippen molar-refractivity contribution in [2.45, 2.75) is 53.5 Å². The zero-order valence-electron chi connectivity index (χ0n) is 19.7. The number of nitrogens with one attached hydrogen (secondary N) is 1. The van der Waals surface area contributed by atoms with Crippen molar-refractivity contribution in [1.82, 2.24) is 14.4 Å². The Morgan fingerprint density at radius 3 is 2.56 bits per heavy atom. The van der Waals surface area contributed by atoms with Crippen LogP contribution in [0.3, 0.4) is 0 Å². The SMILES string of the molecule is Cc1ccn2c(NC(C)(C)CC(C)(C)C)c(-c3ccc(C#Cc4ccccn4)s3)nc2c1. The highest BCUT2D eigenvalue weighted by molar-refractivity contribution is 7.16. The Labute approximate surface area is 194 Å². The van der Waals surface area contributed by atoms with Crippen molar-refractivity contribution < 1.29 is 0 Å². The minimum absolute atomic E-state index is 0.0906. The first kappa shape index (κ1) is 22.1. The van der Waals surface area contributed by atoms with E-state index < -0.39 is 0 Å². The summed E-state index contributed by atoms with van der Waals surface area (Å²) < 4.78 is 2.16. The lowest BCUT2D eigenvalue weighted by molar-refractivity contribution is 0.302. The van der Waals surface area contributed by atoms with E-state index in [1.807, 2.05) is 18.2 Å². The molecule has 0 amide bonds. The third-order valence-electron chi connectivity index (χ3n) is 5.03. The summed E-state index contributed by atoms with van der Waals surface area (Å²) in [6.45, 7) is 13.5. The highest BCUT2D eigenvalue weighted by Gasteiger charge is 2.28. The standard InChI is InChI=1S/C27H30N4S/c1-19-14-16-31-23(17-19)29-24(25(31)30-27(5,6)18-26(2,3)4)22-13-12-21(32-22)11-10-20-9-7-8-15-28-20/h7-9,12-17,30H,18H2,1-6H3. The molecule has 0 aliphatic rings. The fraction of sp³-hybridized carbons (Fsp3) is 0.333. The third kappa shape index (κ3) is 5.20. The second-order valence-corrected chi connectivity index (χ2v) is 11.2. The molecule has 0 fully saturated rings. The van der Waals surface area contributed by atoms with Crippen LogP contribution in [0.1, 0.15) is 57.2 Å². The van der Waals surface area contributed by atoms with E-state index in [0.717, 1.165) is 39.0 Å². The number of imidazole rings is 1. The molecule has 0 atom stereocenters. The number of aryl methyl sites for hydroxylation is 1. The van der Waals surface area contributed by atoms with E-state index in [0.29, 0.717) is 0 Å². The van der Waals surface area contributed by atoms with Crippen molar-refractivity contribution in [3.63, 3.8) is 0 Å². The molecule has 0 radical (unpaired) electrons. The molecule has 0 spiro atoms. The van der Waals surface area contributed by atoms with Crippen LogP contribution < -0.4 is 5.32 Å². The second kappa shape index (κ2) is 8.44. The van der Waals surface area contributed by atoms with Crippen LogP contribution in [0, 0.1) is 24.2 Å². The molecule has 5 heteroatoms. The van der Waals surface area contributed by atoms with Gasteiger partial charge in [0.25, 0.3) is 0 Å². The second-order valence-electron chi connectivity index (χ2n) is 10.1. The summed E-state index contributed by atoms with van der Waals surface area (Å²) in [6.07, 6.45) is 4.90. The maximum atomic E-state index is 5.01. The lowest BCUT2D eigenvalue weighted by atomic mass is 9.82. The van der Waals surface area contributed by atoms with Crippen molar-refractivity contribution in [3.05, 3.63) is 71.0 Å². The fourth-order valence-electron chi connectivity index (χ4n) is 4.22. The molecule has 0 aliphatic heterocycles. The average molecular weight is 443 g/mol. The number of thiophene rings is 1. The first-order valence-electron chi connectivity index (χ1n) is 10.9. The summed E-state index contributed by atoms with van der Waals surface area (Å²) >= 11 is 1.66. The van der Waals surface area contributed by atoms with Gasteiger partial charge in [-0.3, -0.25) is 4.40 Å². The van der Waals surface area contributed by atoms with Crippen molar-refractivity contribution in [2.75, 3.05) is 5.32 Å². The topological polar surface area (TPSA) is 42.2 Å². The summed E-state index contributed by atoms with van der Waals surface area (Å²) in [4.78, 5) is 11.4. The molecule has 164 valence electrons. The van der Waals surface area contributed by atoms with E-state index in [9.17, 15) is 0 Å². The van der Waals surface area contributed by atoms with Gasteiger partial charge < -0.3 is 5.32 Å². The molecular weight excluding hydrogens is 412 g/mol. The summed E-state index contributed by atoms with van der Waals surface area (Å²) in [5, 5.41) is 3.81. The molecule has 0 bridgehead atoms. The predicted octanol–water partition coefficient (Wildman–Crippen LogP) is 6.79. The Kier molecular flexibility index (Phi) is 5.83. The molecule has 0 aliphatic carbocycles. The lowest BCUT2D eigenvalue weighted by Gasteiger charge is -2.34. The van der Waals surface area contributed by atoms with Crippen LogP contribution in [0.25, 0.3) is 16.2 Å². The van der Waals surface area contributed by atoms with Crippen molar-refractivity contribution in [1.29, 1.82) is 0 Å². The predicted molar refractivity (Wildman–Crippen MR) is 135 cm³/mol. The van der Waals surface area contributed by atoms with Crippen molar-refractivity contribution in [3.8, 4) is 22.4 Å². The number of pyridine rings is 2. The van der Waals surface area contributed by atoms with E-state index in [4.69, 9.17) is 4.98 Å². The van der Waals surface area contributed by atoms with Crippen LogP contribution in [0.4, 0.5) is 5.82 Å². The van der Waals surface area contributed by atoms with Crippen LogP contribution >= 0.6 is 11.3 Å². The summed E-state index contributed by atoms with van der Waals surface area (Å²) in [5.74, 6) is 7.42. The third-order valence-corrected chi connectivity index (χ3v) is 6.04. The van der Waals surface area contributed by atoms with Gasteiger partial charge in [-0.1, -0.05) is 26.8 Å². The average Bonchev–Trinajstić information content (AvgIpc) is 3.29. The van der Waals surface area contributed by atoms with Gasteiger partial charge in [-0.25, -0.2) is 9.97 Å². The van der Waals surface area contributed by atoms with Gasteiger partial charge in [0.2, 0.25) is 0 Å². The number of anilines is 1. The zero-order valence-corrected chi connectivity index (χ0v) is 20.5. The molecule has 0 unspecified atom stereocenters. The Balaban J connectivity index is 1.74. The zero-order chi connectivity index (χ0) is 22.9. The van der Waals surface area contributed by atoms with Crippen molar-refractivity contribution in [2.24, 2.45) is 5.41 Å². The molecule has 1 N–H and O–H groups in total. The molecule has 4 nitrogen and oxygen atoms in total. The van der Waals surface area contributed by atoms with Crippen LogP contribution in [0.15, 0.2) is 54.9 Å². The highest BCUT2D eigenvalue weighted by atomic mass is 32.1. The summed E-state index contributed by atoms with van der Waals surface area (Å²) in [7, 11) is 0. The molecule has 32 heavy (non-hydrogen) atoms.